The fourth-order valence-electron chi connectivity index (χ4n) is 2.03. The Kier molecular flexibility index (Phi) is 3.47. The minimum atomic E-state index is -3.78. The Morgan fingerprint density at radius 3 is 2.50 bits per heavy atom. The molecule has 8 heteroatoms. The molecule has 0 aliphatic carbocycles. The van der Waals surface area contributed by atoms with Crippen molar-refractivity contribution in [3.05, 3.63) is 34.7 Å². The van der Waals surface area contributed by atoms with E-state index in [1.807, 2.05) is 0 Å². The number of fused-ring (bicyclic) bond motifs is 1. The summed E-state index contributed by atoms with van der Waals surface area (Å²) in [6.07, 6.45) is 0. The zero-order valence-electron chi connectivity index (χ0n) is 10.5. The van der Waals surface area contributed by atoms with Gasteiger partial charge in [-0.15, -0.1) is 0 Å². The number of benzene rings is 1. The highest BCUT2D eigenvalue weighted by Crippen LogP contribution is 2.36. The van der Waals surface area contributed by atoms with Crippen molar-refractivity contribution in [3.8, 4) is 0 Å². The summed E-state index contributed by atoms with van der Waals surface area (Å²) < 4.78 is 47.2. The Balaban J connectivity index is 2.70. The lowest BCUT2D eigenvalue weighted by molar-refractivity contribution is 0.0696. The molecule has 108 valence electrons. The average Bonchev–Trinajstić information content (AvgIpc) is 2.60. The zero-order valence-corrected chi connectivity index (χ0v) is 12.2. The summed E-state index contributed by atoms with van der Waals surface area (Å²) in [5, 5.41) is 9.97. The van der Waals surface area contributed by atoms with Crippen molar-refractivity contribution in [2.75, 3.05) is 11.5 Å². The quantitative estimate of drug-likeness (QED) is 0.886. The number of rotatable bonds is 4. The molecule has 0 spiro atoms. The van der Waals surface area contributed by atoms with Gasteiger partial charge in [-0.05, 0) is 17.7 Å². The van der Waals surface area contributed by atoms with Gasteiger partial charge in [0.15, 0.2) is 9.84 Å². The van der Waals surface area contributed by atoms with Gasteiger partial charge in [-0.25, -0.2) is 21.6 Å². The van der Waals surface area contributed by atoms with Gasteiger partial charge in [0.2, 0.25) is 9.84 Å². The summed E-state index contributed by atoms with van der Waals surface area (Å²) in [6.45, 7) is 1.45. The van der Waals surface area contributed by atoms with Crippen LogP contribution in [0.5, 0.6) is 0 Å². The molecule has 1 aromatic carbocycles. The van der Waals surface area contributed by atoms with Gasteiger partial charge < -0.3 is 5.11 Å². The van der Waals surface area contributed by atoms with Crippen LogP contribution in [-0.2, 0) is 19.7 Å². The van der Waals surface area contributed by atoms with Crippen LogP contribution in [0.4, 0.5) is 0 Å². The lowest BCUT2D eigenvalue weighted by Gasteiger charge is -2.08. The third-order valence-electron chi connectivity index (χ3n) is 3.00. The molecule has 1 heterocycles. The normalized spacial score (nSPS) is 16.6. The van der Waals surface area contributed by atoms with Gasteiger partial charge >= 0.3 is 5.97 Å². The highest BCUT2D eigenvalue weighted by Gasteiger charge is 2.32. The maximum atomic E-state index is 11.9. The molecule has 1 aliphatic heterocycles. The van der Waals surface area contributed by atoms with E-state index >= 15 is 0 Å². The van der Waals surface area contributed by atoms with Crippen molar-refractivity contribution in [1.82, 2.24) is 0 Å². The van der Waals surface area contributed by atoms with Crippen LogP contribution in [-0.4, -0.2) is 39.4 Å². The van der Waals surface area contributed by atoms with Crippen molar-refractivity contribution in [1.29, 1.82) is 0 Å². The molecule has 6 nitrogen and oxygen atoms in total. The Morgan fingerprint density at radius 2 is 1.95 bits per heavy atom. The third kappa shape index (κ3) is 2.48. The molecule has 1 aliphatic rings. The van der Waals surface area contributed by atoms with Crippen LogP contribution in [0.2, 0.25) is 0 Å². The van der Waals surface area contributed by atoms with Crippen molar-refractivity contribution in [2.45, 2.75) is 11.8 Å². The summed E-state index contributed by atoms with van der Waals surface area (Å²) in [7, 11) is -7.25. The van der Waals surface area contributed by atoms with Crippen molar-refractivity contribution >= 4 is 31.2 Å². The van der Waals surface area contributed by atoms with Crippen LogP contribution >= 0.6 is 0 Å². The number of carbonyl (C=O) groups is 1. The number of carboxylic acid groups (broad SMARTS) is 1. The largest absolute Gasteiger partial charge is 0.478 e. The lowest BCUT2D eigenvalue weighted by atomic mass is 10.0. The van der Waals surface area contributed by atoms with Crippen molar-refractivity contribution in [3.63, 3.8) is 0 Å². The Bertz CT molecular complexity index is 816. The SMILES string of the molecule is CCS(=O)(=O)CC1=CS(=O)(=O)c2cccc(C(=O)O)c21. The molecule has 2 rings (SSSR count). The highest BCUT2D eigenvalue weighted by molar-refractivity contribution is 7.95. The average molecular weight is 316 g/mol. The summed E-state index contributed by atoms with van der Waals surface area (Å²) in [6, 6.07) is 3.86. The molecule has 0 saturated heterocycles. The van der Waals surface area contributed by atoms with Crippen molar-refractivity contribution in [2.24, 2.45) is 0 Å². The molecule has 0 bridgehead atoms. The third-order valence-corrected chi connectivity index (χ3v) is 6.18. The highest BCUT2D eigenvalue weighted by atomic mass is 32.2. The number of sulfone groups is 2. The van der Waals surface area contributed by atoms with E-state index in [4.69, 9.17) is 5.11 Å². The van der Waals surface area contributed by atoms with Crippen LogP contribution in [0.3, 0.4) is 0 Å². The Labute approximate surface area is 116 Å². The van der Waals surface area contributed by atoms with Gasteiger partial charge in [-0.1, -0.05) is 13.0 Å². The molecule has 20 heavy (non-hydrogen) atoms. The predicted octanol–water partition coefficient (Wildman–Crippen LogP) is 0.948. The number of hydrogen-bond acceptors (Lipinski definition) is 5. The van der Waals surface area contributed by atoms with E-state index in [2.05, 4.69) is 0 Å². The number of hydrogen-bond donors (Lipinski definition) is 1. The Hall–Kier alpha value is -1.67. The number of aromatic carboxylic acids is 1. The first-order chi connectivity index (χ1) is 9.18. The summed E-state index contributed by atoms with van der Waals surface area (Å²) in [5.41, 5.74) is -0.210. The van der Waals surface area contributed by atoms with E-state index in [0.717, 1.165) is 5.41 Å². The molecule has 0 radical (unpaired) electrons. The first-order valence-electron chi connectivity index (χ1n) is 5.70. The summed E-state index contributed by atoms with van der Waals surface area (Å²) in [5.74, 6) is -1.92. The molecule has 0 unspecified atom stereocenters. The second-order valence-corrected chi connectivity index (χ2v) is 8.47. The van der Waals surface area contributed by atoms with Gasteiger partial charge in [-0.2, -0.15) is 0 Å². The first kappa shape index (κ1) is 14.7. The lowest BCUT2D eigenvalue weighted by Crippen LogP contribution is -2.11. The molecular formula is C12H12O6S2. The Morgan fingerprint density at radius 1 is 1.30 bits per heavy atom. The van der Waals surface area contributed by atoms with Gasteiger partial charge in [-0.3, -0.25) is 0 Å². The first-order valence-corrected chi connectivity index (χ1v) is 9.07. The standard InChI is InChI=1S/C12H12O6S2/c1-2-19(15,16)6-8-7-20(17,18)10-5-3-4-9(11(8)10)12(13)14/h3-5,7H,2,6H2,1H3,(H,13,14). The van der Waals surface area contributed by atoms with E-state index < -0.39 is 31.4 Å². The molecule has 0 fully saturated rings. The summed E-state index contributed by atoms with van der Waals surface area (Å²) >= 11 is 0. The van der Waals surface area contributed by atoms with E-state index in [1.165, 1.54) is 25.1 Å². The van der Waals surface area contributed by atoms with E-state index in [9.17, 15) is 21.6 Å². The van der Waals surface area contributed by atoms with Crippen LogP contribution < -0.4 is 0 Å². The van der Waals surface area contributed by atoms with Crippen molar-refractivity contribution < 1.29 is 26.7 Å². The topological polar surface area (TPSA) is 106 Å². The zero-order chi connectivity index (χ0) is 15.1. The van der Waals surface area contributed by atoms with Crippen LogP contribution in [0.15, 0.2) is 28.5 Å². The predicted molar refractivity (Wildman–Crippen MR) is 72.9 cm³/mol. The summed E-state index contributed by atoms with van der Waals surface area (Å²) in [4.78, 5) is 11.0. The monoisotopic (exact) mass is 316 g/mol. The molecule has 1 N–H and O–H groups in total. The second-order valence-electron chi connectivity index (χ2n) is 4.35. The minimum Gasteiger partial charge on any atom is -0.478 e. The van der Waals surface area contributed by atoms with E-state index in [-0.39, 0.29) is 27.3 Å². The fourth-order valence-corrected chi connectivity index (χ4v) is 4.54. The molecular weight excluding hydrogens is 304 g/mol. The molecule has 1 aromatic rings. The fraction of sp³-hybridized carbons (Fsp3) is 0.250. The van der Waals surface area contributed by atoms with Crippen LogP contribution in [0.25, 0.3) is 5.57 Å². The van der Waals surface area contributed by atoms with Crippen LogP contribution in [0, 0.1) is 0 Å². The van der Waals surface area contributed by atoms with E-state index in [0.29, 0.717) is 0 Å². The maximum absolute atomic E-state index is 11.9. The molecule has 0 saturated carbocycles. The van der Waals surface area contributed by atoms with Gasteiger partial charge in [0.1, 0.15) is 0 Å². The molecule has 0 aromatic heterocycles. The van der Waals surface area contributed by atoms with Gasteiger partial charge in [0.25, 0.3) is 0 Å². The smallest absolute Gasteiger partial charge is 0.336 e. The molecule has 0 amide bonds. The van der Waals surface area contributed by atoms with E-state index in [1.54, 1.807) is 0 Å². The van der Waals surface area contributed by atoms with Gasteiger partial charge in [0, 0.05) is 16.7 Å². The minimum absolute atomic E-state index is 0.0138. The maximum Gasteiger partial charge on any atom is 0.336 e. The van der Waals surface area contributed by atoms with Crippen LogP contribution in [0.1, 0.15) is 22.8 Å². The van der Waals surface area contributed by atoms with Gasteiger partial charge in [0.05, 0.1) is 16.2 Å². The second kappa shape index (κ2) is 4.71. The number of carboxylic acids is 1. The molecule has 0 atom stereocenters.